The van der Waals surface area contributed by atoms with Crippen molar-refractivity contribution in [1.82, 2.24) is 10.2 Å². The molecule has 1 atom stereocenters. The smallest absolute Gasteiger partial charge is 0.263 e. The van der Waals surface area contributed by atoms with Gasteiger partial charge in [-0.3, -0.25) is 4.79 Å². The minimum absolute atomic E-state index is 0. The number of nitrogens with one attached hydrogen (secondary N) is 1. The first-order valence-corrected chi connectivity index (χ1v) is 8.94. The first kappa shape index (κ1) is 21.1. The van der Waals surface area contributed by atoms with E-state index in [0.717, 1.165) is 39.0 Å². The van der Waals surface area contributed by atoms with Gasteiger partial charge in [0.05, 0.1) is 5.02 Å². The molecule has 0 radical (unpaired) electrons. The van der Waals surface area contributed by atoms with E-state index in [9.17, 15) is 4.79 Å². The van der Waals surface area contributed by atoms with E-state index in [4.69, 9.17) is 16.3 Å². The third kappa shape index (κ3) is 5.83. The quantitative estimate of drug-likeness (QED) is 0.789. The van der Waals surface area contributed by atoms with Gasteiger partial charge in [-0.25, -0.2) is 0 Å². The van der Waals surface area contributed by atoms with Crippen molar-refractivity contribution in [2.75, 3.05) is 26.2 Å². The summed E-state index contributed by atoms with van der Waals surface area (Å²) in [6.45, 7) is 7.77. The van der Waals surface area contributed by atoms with Crippen molar-refractivity contribution in [3.05, 3.63) is 29.3 Å². The molecule has 0 spiro atoms. The molecule has 0 bridgehead atoms. The molecule has 1 amide bonds. The Labute approximate surface area is 156 Å². The van der Waals surface area contributed by atoms with Crippen LogP contribution in [0.4, 0.5) is 0 Å². The lowest BCUT2D eigenvalue weighted by Crippen LogP contribution is -2.46. The van der Waals surface area contributed by atoms with Gasteiger partial charge in [0.1, 0.15) is 5.75 Å². The van der Waals surface area contributed by atoms with Gasteiger partial charge >= 0.3 is 0 Å². The standard InChI is InChI=1S/C18H27ClN2O2.ClH/c1-3-16(23-17-8-6-5-7-15(17)19)18(22)21-11-9-14(10-12-21)13-20-4-2;/h5-8,14,16,20H,3-4,9-13H2,1-2H3;1H. The van der Waals surface area contributed by atoms with Crippen LogP contribution in [0.25, 0.3) is 0 Å². The van der Waals surface area contributed by atoms with Crippen molar-refractivity contribution in [3.63, 3.8) is 0 Å². The Morgan fingerprint density at radius 2 is 2.00 bits per heavy atom. The topological polar surface area (TPSA) is 41.6 Å². The Kier molecular flexibility index (Phi) is 9.49. The number of likely N-dealkylation sites (tertiary alicyclic amines) is 1. The van der Waals surface area contributed by atoms with Gasteiger partial charge in [0.2, 0.25) is 0 Å². The number of carbonyl (C=O) groups is 1. The summed E-state index contributed by atoms with van der Waals surface area (Å²) in [6.07, 6.45) is 2.30. The van der Waals surface area contributed by atoms with Crippen LogP contribution in [0.2, 0.25) is 5.02 Å². The highest BCUT2D eigenvalue weighted by Gasteiger charge is 2.28. The summed E-state index contributed by atoms with van der Waals surface area (Å²) in [5.74, 6) is 1.33. The zero-order valence-electron chi connectivity index (χ0n) is 14.5. The second-order valence-electron chi connectivity index (χ2n) is 6.02. The average molecular weight is 375 g/mol. The number of nitrogens with zero attached hydrogens (tertiary/aromatic N) is 1. The fraction of sp³-hybridized carbons (Fsp3) is 0.611. The minimum atomic E-state index is -0.458. The van der Waals surface area contributed by atoms with Crippen molar-refractivity contribution < 1.29 is 9.53 Å². The van der Waals surface area contributed by atoms with Crippen LogP contribution in [-0.2, 0) is 4.79 Å². The number of amides is 1. The predicted octanol–water partition coefficient (Wildman–Crippen LogP) is 3.77. The lowest BCUT2D eigenvalue weighted by atomic mass is 9.96. The van der Waals surface area contributed by atoms with E-state index in [-0.39, 0.29) is 18.3 Å². The first-order valence-electron chi connectivity index (χ1n) is 8.56. The largest absolute Gasteiger partial charge is 0.479 e. The van der Waals surface area contributed by atoms with Crippen LogP contribution < -0.4 is 10.1 Å². The van der Waals surface area contributed by atoms with E-state index in [1.807, 2.05) is 24.0 Å². The summed E-state index contributed by atoms with van der Waals surface area (Å²) in [5, 5.41) is 3.94. The van der Waals surface area contributed by atoms with E-state index in [1.54, 1.807) is 12.1 Å². The molecule has 2 rings (SSSR count). The van der Waals surface area contributed by atoms with Crippen molar-refractivity contribution in [2.24, 2.45) is 5.92 Å². The van der Waals surface area contributed by atoms with Crippen molar-refractivity contribution in [2.45, 2.75) is 39.2 Å². The summed E-state index contributed by atoms with van der Waals surface area (Å²) < 4.78 is 5.87. The van der Waals surface area contributed by atoms with Crippen molar-refractivity contribution in [3.8, 4) is 5.75 Å². The summed E-state index contributed by atoms with van der Waals surface area (Å²) in [4.78, 5) is 14.6. The van der Waals surface area contributed by atoms with Gasteiger partial charge in [0, 0.05) is 13.1 Å². The van der Waals surface area contributed by atoms with E-state index in [0.29, 0.717) is 23.1 Å². The monoisotopic (exact) mass is 374 g/mol. The second-order valence-corrected chi connectivity index (χ2v) is 6.43. The number of hydrogen-bond acceptors (Lipinski definition) is 3. The van der Waals surface area contributed by atoms with Crippen LogP contribution >= 0.6 is 24.0 Å². The van der Waals surface area contributed by atoms with Gasteiger partial charge in [0.25, 0.3) is 5.91 Å². The van der Waals surface area contributed by atoms with E-state index >= 15 is 0 Å². The number of ether oxygens (including phenoxy) is 1. The fourth-order valence-corrected chi connectivity index (χ4v) is 3.09. The molecule has 136 valence electrons. The van der Waals surface area contributed by atoms with Crippen LogP contribution in [0.15, 0.2) is 24.3 Å². The number of halogens is 2. The SMILES string of the molecule is CCNCC1CCN(C(=O)C(CC)Oc2ccccc2Cl)CC1.Cl. The molecule has 6 heteroatoms. The zero-order chi connectivity index (χ0) is 16.7. The number of rotatable bonds is 7. The highest BCUT2D eigenvalue weighted by atomic mass is 35.5. The summed E-state index contributed by atoms with van der Waals surface area (Å²) >= 11 is 6.13. The maximum absolute atomic E-state index is 12.7. The predicted molar refractivity (Wildman–Crippen MR) is 101 cm³/mol. The molecule has 1 heterocycles. The van der Waals surface area contributed by atoms with E-state index < -0.39 is 6.10 Å². The number of benzene rings is 1. The lowest BCUT2D eigenvalue weighted by Gasteiger charge is -2.34. The van der Waals surface area contributed by atoms with Gasteiger partial charge in [0.15, 0.2) is 6.10 Å². The number of para-hydroxylation sites is 1. The minimum Gasteiger partial charge on any atom is -0.479 e. The fourth-order valence-electron chi connectivity index (χ4n) is 2.91. The van der Waals surface area contributed by atoms with Crippen LogP contribution in [0.1, 0.15) is 33.1 Å². The maximum atomic E-state index is 12.7. The number of carbonyl (C=O) groups excluding carboxylic acids is 1. The summed E-state index contributed by atoms with van der Waals surface area (Å²) in [6, 6.07) is 7.30. The molecule has 1 aromatic carbocycles. The van der Waals surface area contributed by atoms with E-state index in [1.165, 1.54) is 0 Å². The molecule has 1 fully saturated rings. The Morgan fingerprint density at radius 1 is 1.33 bits per heavy atom. The van der Waals surface area contributed by atoms with Gasteiger partial charge in [-0.1, -0.05) is 37.6 Å². The van der Waals surface area contributed by atoms with Gasteiger partial charge in [-0.15, -0.1) is 12.4 Å². The summed E-state index contributed by atoms with van der Waals surface area (Å²) in [7, 11) is 0. The van der Waals surface area contributed by atoms with Crippen LogP contribution in [0.3, 0.4) is 0 Å². The molecule has 0 aromatic heterocycles. The van der Waals surface area contributed by atoms with Gasteiger partial charge < -0.3 is 15.0 Å². The second kappa shape index (κ2) is 10.8. The molecule has 1 N–H and O–H groups in total. The first-order chi connectivity index (χ1) is 11.2. The molecule has 1 aliphatic heterocycles. The Bertz CT molecular complexity index is 506. The zero-order valence-corrected chi connectivity index (χ0v) is 16.0. The average Bonchev–Trinajstić information content (AvgIpc) is 2.59. The van der Waals surface area contributed by atoms with Crippen LogP contribution in [0.5, 0.6) is 5.75 Å². The van der Waals surface area contributed by atoms with Gasteiger partial charge in [-0.05, 0) is 50.4 Å². The molecular weight excluding hydrogens is 347 g/mol. The number of piperidine rings is 1. The summed E-state index contributed by atoms with van der Waals surface area (Å²) in [5.41, 5.74) is 0. The molecule has 0 aliphatic carbocycles. The highest BCUT2D eigenvalue weighted by Crippen LogP contribution is 2.26. The normalized spacial score (nSPS) is 16.4. The van der Waals surface area contributed by atoms with Gasteiger partial charge in [-0.2, -0.15) is 0 Å². The maximum Gasteiger partial charge on any atom is 0.263 e. The van der Waals surface area contributed by atoms with Crippen LogP contribution in [0, 0.1) is 5.92 Å². The Hall–Kier alpha value is -0.970. The van der Waals surface area contributed by atoms with Crippen molar-refractivity contribution in [1.29, 1.82) is 0 Å². The Morgan fingerprint density at radius 3 is 2.58 bits per heavy atom. The third-order valence-electron chi connectivity index (χ3n) is 4.36. The van der Waals surface area contributed by atoms with E-state index in [2.05, 4.69) is 12.2 Å². The molecule has 1 aromatic rings. The Balaban J connectivity index is 0.00000288. The molecule has 1 unspecified atom stereocenters. The molecule has 4 nitrogen and oxygen atoms in total. The lowest BCUT2D eigenvalue weighted by molar-refractivity contribution is -0.140. The highest BCUT2D eigenvalue weighted by molar-refractivity contribution is 6.32. The number of hydrogen-bond donors (Lipinski definition) is 1. The molecule has 24 heavy (non-hydrogen) atoms. The van der Waals surface area contributed by atoms with Crippen LogP contribution in [-0.4, -0.2) is 43.1 Å². The molecular formula is C18H28Cl2N2O2. The molecule has 1 aliphatic rings. The van der Waals surface area contributed by atoms with Crippen molar-refractivity contribution >= 4 is 29.9 Å². The third-order valence-corrected chi connectivity index (χ3v) is 4.67. The molecule has 1 saturated heterocycles. The molecule has 0 saturated carbocycles.